The number of rotatable bonds is 6. The van der Waals surface area contributed by atoms with Crippen molar-refractivity contribution >= 4 is 15.9 Å². The van der Waals surface area contributed by atoms with Crippen molar-refractivity contribution in [1.82, 2.24) is 5.32 Å². The quantitative estimate of drug-likeness (QED) is 0.873. The number of halogens is 1. The Morgan fingerprint density at radius 3 is 2.69 bits per heavy atom. The van der Waals surface area contributed by atoms with Crippen LogP contribution in [0.1, 0.15) is 13.3 Å². The lowest BCUT2D eigenvalue weighted by Crippen LogP contribution is -2.28. The van der Waals surface area contributed by atoms with Crippen LogP contribution in [-0.2, 0) is 0 Å². The second kappa shape index (κ2) is 6.76. The third-order valence-electron chi connectivity index (χ3n) is 2.32. The van der Waals surface area contributed by atoms with Gasteiger partial charge in [-0.3, -0.25) is 0 Å². The average molecular weight is 288 g/mol. The molecule has 0 fully saturated rings. The minimum Gasteiger partial charge on any atom is -0.497 e. The highest BCUT2D eigenvalue weighted by molar-refractivity contribution is 9.10. The van der Waals surface area contributed by atoms with Crippen LogP contribution in [0, 0.1) is 0 Å². The number of hydrogen-bond donors (Lipinski definition) is 1. The molecule has 0 amide bonds. The molecular weight excluding hydrogens is 270 g/mol. The van der Waals surface area contributed by atoms with Crippen LogP contribution in [0.15, 0.2) is 22.7 Å². The maximum absolute atomic E-state index is 5.87. The van der Waals surface area contributed by atoms with E-state index in [1.54, 1.807) is 7.11 Å². The Balaban J connectivity index is 2.72. The molecule has 3 nitrogen and oxygen atoms in total. The third-order valence-corrected chi connectivity index (χ3v) is 2.94. The predicted molar refractivity (Wildman–Crippen MR) is 69.3 cm³/mol. The normalized spacial score (nSPS) is 12.2. The first kappa shape index (κ1) is 13.3. The van der Waals surface area contributed by atoms with E-state index >= 15 is 0 Å². The standard InChI is InChI=1S/C12H18BrNO2/c1-4-9(8-14-2)16-12-6-5-10(15-3)7-11(12)13/h5-7,9,14H,4,8H2,1-3H3. The van der Waals surface area contributed by atoms with Gasteiger partial charge in [0, 0.05) is 6.54 Å². The van der Waals surface area contributed by atoms with Crippen LogP contribution in [0.4, 0.5) is 0 Å². The number of ether oxygens (including phenoxy) is 2. The van der Waals surface area contributed by atoms with E-state index in [9.17, 15) is 0 Å². The van der Waals surface area contributed by atoms with Gasteiger partial charge >= 0.3 is 0 Å². The Morgan fingerprint density at radius 2 is 2.19 bits per heavy atom. The maximum Gasteiger partial charge on any atom is 0.134 e. The smallest absolute Gasteiger partial charge is 0.134 e. The van der Waals surface area contributed by atoms with Crippen LogP contribution >= 0.6 is 15.9 Å². The van der Waals surface area contributed by atoms with Crippen molar-refractivity contribution in [2.75, 3.05) is 20.7 Å². The molecule has 0 spiro atoms. The zero-order valence-corrected chi connectivity index (χ0v) is 11.5. The first-order chi connectivity index (χ1) is 7.71. The van der Waals surface area contributed by atoms with Crippen molar-refractivity contribution in [2.24, 2.45) is 0 Å². The summed E-state index contributed by atoms with van der Waals surface area (Å²) in [5, 5.41) is 3.12. The van der Waals surface area contributed by atoms with Gasteiger partial charge in [-0.05, 0) is 47.6 Å². The molecule has 4 heteroatoms. The van der Waals surface area contributed by atoms with Gasteiger partial charge in [0.05, 0.1) is 11.6 Å². The Labute approximate surface area is 105 Å². The van der Waals surface area contributed by atoms with Crippen molar-refractivity contribution < 1.29 is 9.47 Å². The monoisotopic (exact) mass is 287 g/mol. The first-order valence-corrected chi connectivity index (χ1v) is 6.15. The Kier molecular flexibility index (Phi) is 5.63. The predicted octanol–water partition coefficient (Wildman–Crippen LogP) is 2.83. The van der Waals surface area contributed by atoms with Gasteiger partial charge in [0.1, 0.15) is 17.6 Å². The average Bonchev–Trinajstić information content (AvgIpc) is 2.30. The molecule has 1 aromatic carbocycles. The Hall–Kier alpha value is -0.740. The largest absolute Gasteiger partial charge is 0.497 e. The van der Waals surface area contributed by atoms with Crippen molar-refractivity contribution in [1.29, 1.82) is 0 Å². The van der Waals surface area contributed by atoms with E-state index in [2.05, 4.69) is 28.2 Å². The zero-order chi connectivity index (χ0) is 12.0. The zero-order valence-electron chi connectivity index (χ0n) is 9.92. The van der Waals surface area contributed by atoms with Gasteiger partial charge in [-0.15, -0.1) is 0 Å². The summed E-state index contributed by atoms with van der Waals surface area (Å²) >= 11 is 3.47. The molecule has 1 atom stereocenters. The van der Waals surface area contributed by atoms with Gasteiger partial charge in [0.15, 0.2) is 0 Å². The Morgan fingerprint density at radius 1 is 1.44 bits per heavy atom. The summed E-state index contributed by atoms with van der Waals surface area (Å²) in [6.45, 7) is 2.95. The summed E-state index contributed by atoms with van der Waals surface area (Å²) in [5.74, 6) is 1.67. The first-order valence-electron chi connectivity index (χ1n) is 5.36. The Bertz CT molecular complexity index is 331. The molecule has 1 rings (SSSR count). The van der Waals surface area contributed by atoms with E-state index in [1.165, 1.54) is 0 Å². The van der Waals surface area contributed by atoms with E-state index in [-0.39, 0.29) is 6.10 Å². The molecule has 0 saturated heterocycles. The van der Waals surface area contributed by atoms with Crippen LogP contribution in [0.5, 0.6) is 11.5 Å². The number of nitrogens with one attached hydrogen (secondary N) is 1. The summed E-state index contributed by atoms with van der Waals surface area (Å²) in [5.41, 5.74) is 0. The minimum atomic E-state index is 0.190. The number of hydrogen-bond acceptors (Lipinski definition) is 3. The fraction of sp³-hybridized carbons (Fsp3) is 0.500. The number of methoxy groups -OCH3 is 1. The van der Waals surface area contributed by atoms with Gasteiger partial charge in [-0.25, -0.2) is 0 Å². The van der Waals surface area contributed by atoms with Gasteiger partial charge in [-0.2, -0.15) is 0 Å². The molecule has 0 saturated carbocycles. The van der Waals surface area contributed by atoms with Crippen molar-refractivity contribution in [3.05, 3.63) is 22.7 Å². The highest BCUT2D eigenvalue weighted by Crippen LogP contribution is 2.30. The summed E-state index contributed by atoms with van der Waals surface area (Å²) in [4.78, 5) is 0. The maximum atomic E-state index is 5.87. The van der Waals surface area contributed by atoms with E-state index in [4.69, 9.17) is 9.47 Å². The van der Waals surface area contributed by atoms with E-state index in [0.29, 0.717) is 0 Å². The lowest BCUT2D eigenvalue weighted by molar-refractivity contribution is 0.195. The van der Waals surface area contributed by atoms with Gasteiger partial charge in [-0.1, -0.05) is 6.92 Å². The molecule has 0 aliphatic heterocycles. The molecule has 1 N–H and O–H groups in total. The molecule has 0 aromatic heterocycles. The van der Waals surface area contributed by atoms with Crippen molar-refractivity contribution in [3.8, 4) is 11.5 Å². The van der Waals surface area contributed by atoms with Gasteiger partial charge < -0.3 is 14.8 Å². The number of benzene rings is 1. The molecule has 0 radical (unpaired) electrons. The second-order valence-electron chi connectivity index (χ2n) is 3.50. The van der Waals surface area contributed by atoms with Crippen LogP contribution in [0.25, 0.3) is 0 Å². The highest BCUT2D eigenvalue weighted by Gasteiger charge is 2.09. The molecule has 0 aliphatic rings. The lowest BCUT2D eigenvalue weighted by atomic mass is 10.2. The molecule has 0 bridgehead atoms. The van der Waals surface area contributed by atoms with Crippen molar-refractivity contribution in [3.63, 3.8) is 0 Å². The molecular formula is C12H18BrNO2. The molecule has 1 aromatic rings. The van der Waals surface area contributed by atoms with E-state index in [1.807, 2.05) is 25.2 Å². The molecule has 1 unspecified atom stereocenters. The van der Waals surface area contributed by atoms with E-state index < -0.39 is 0 Å². The lowest BCUT2D eigenvalue weighted by Gasteiger charge is -2.18. The highest BCUT2D eigenvalue weighted by atomic mass is 79.9. The molecule has 16 heavy (non-hydrogen) atoms. The molecule has 0 aliphatic carbocycles. The summed E-state index contributed by atoms with van der Waals surface area (Å²) in [6.07, 6.45) is 1.16. The van der Waals surface area contributed by atoms with Crippen LogP contribution < -0.4 is 14.8 Å². The fourth-order valence-corrected chi connectivity index (χ4v) is 1.83. The number of likely N-dealkylation sites (N-methyl/N-ethyl adjacent to an activating group) is 1. The van der Waals surface area contributed by atoms with Gasteiger partial charge in [0.25, 0.3) is 0 Å². The SMILES string of the molecule is CCC(CNC)Oc1ccc(OC)cc1Br. The summed E-state index contributed by atoms with van der Waals surface area (Å²) < 4.78 is 11.9. The van der Waals surface area contributed by atoms with Crippen LogP contribution in [-0.4, -0.2) is 26.8 Å². The van der Waals surface area contributed by atoms with E-state index in [0.717, 1.165) is 28.9 Å². The topological polar surface area (TPSA) is 30.5 Å². The second-order valence-corrected chi connectivity index (χ2v) is 4.36. The van der Waals surface area contributed by atoms with Gasteiger partial charge in [0.2, 0.25) is 0 Å². The van der Waals surface area contributed by atoms with Crippen LogP contribution in [0.3, 0.4) is 0 Å². The summed E-state index contributed by atoms with van der Waals surface area (Å²) in [7, 11) is 3.58. The fourth-order valence-electron chi connectivity index (χ4n) is 1.38. The van der Waals surface area contributed by atoms with Crippen LogP contribution in [0.2, 0.25) is 0 Å². The van der Waals surface area contributed by atoms with Crippen molar-refractivity contribution in [2.45, 2.75) is 19.4 Å². The minimum absolute atomic E-state index is 0.190. The molecule has 90 valence electrons. The third kappa shape index (κ3) is 3.68. The summed E-state index contributed by atoms with van der Waals surface area (Å²) in [6, 6.07) is 5.72. The molecule has 0 heterocycles.